The topological polar surface area (TPSA) is 29.4 Å². The van der Waals surface area contributed by atoms with Gasteiger partial charge in [0.15, 0.2) is 0 Å². The molecule has 0 aromatic rings. The van der Waals surface area contributed by atoms with E-state index in [9.17, 15) is 0 Å². The van der Waals surface area contributed by atoms with E-state index in [0.717, 1.165) is 0 Å². The first-order valence-electron chi connectivity index (χ1n) is 3.00. The number of hydrogen-bond donors (Lipinski definition) is 0. The van der Waals surface area contributed by atoms with Crippen molar-refractivity contribution in [3.8, 4) is 0 Å². The van der Waals surface area contributed by atoms with E-state index in [-0.39, 0.29) is 0 Å². The predicted molar refractivity (Wildman–Crippen MR) is 39.3 cm³/mol. The second-order valence-electron chi connectivity index (χ2n) is 1.82. The van der Waals surface area contributed by atoms with Crippen molar-refractivity contribution in [3.05, 3.63) is 17.1 Å². The fraction of sp³-hybridized carbons (Fsp3) is 0.667. The Balaban J connectivity index is 0.000000187. The smallest absolute Gasteiger partial charge is 0.0835 e. The van der Waals surface area contributed by atoms with Gasteiger partial charge in [-0.05, 0) is 25.7 Å². The number of halogens is 1. The molecule has 0 N–H and O–H groups in total. The number of rotatable bonds is 0. The van der Waals surface area contributed by atoms with E-state index in [1.165, 1.54) is 25.7 Å². The second kappa shape index (κ2) is 7.63. The van der Waals surface area contributed by atoms with E-state index in [0.29, 0.717) is 0 Å². The van der Waals surface area contributed by atoms with Gasteiger partial charge in [-0.3, -0.25) is 0 Å². The Morgan fingerprint density at radius 2 is 1.56 bits per heavy atom. The van der Waals surface area contributed by atoms with Gasteiger partial charge in [-0.2, -0.15) is 0 Å². The third kappa shape index (κ3) is 7.63. The largest absolute Gasteiger partial charge is 0.131 e. The molecule has 2 nitrogen and oxygen atoms in total. The van der Waals surface area contributed by atoms with E-state index in [4.69, 9.17) is 4.91 Å². The van der Waals surface area contributed by atoms with Crippen molar-refractivity contribution in [2.45, 2.75) is 25.7 Å². The maximum Gasteiger partial charge on any atom is 0.0835 e. The summed E-state index contributed by atoms with van der Waals surface area (Å²) in [6, 6.07) is 0. The van der Waals surface area contributed by atoms with E-state index in [1.54, 1.807) is 4.70 Å². The fourth-order valence-corrected chi connectivity index (χ4v) is 0.760. The quantitative estimate of drug-likeness (QED) is 0.383. The fourth-order valence-electron chi connectivity index (χ4n) is 0.760. The van der Waals surface area contributed by atoms with Gasteiger partial charge < -0.3 is 0 Å². The van der Waals surface area contributed by atoms with Crippen molar-refractivity contribution >= 4 is 11.8 Å². The minimum Gasteiger partial charge on any atom is -0.131 e. The molecule has 1 aliphatic carbocycles. The Labute approximate surface area is 60.0 Å². The van der Waals surface area contributed by atoms with Crippen LogP contribution in [0.25, 0.3) is 0 Å². The van der Waals surface area contributed by atoms with Crippen LogP contribution in [0.1, 0.15) is 25.7 Å². The molecule has 0 atom stereocenters. The zero-order valence-electron chi connectivity index (χ0n) is 5.22. The highest BCUT2D eigenvalue weighted by atomic mass is 35.5. The van der Waals surface area contributed by atoms with Gasteiger partial charge in [0.25, 0.3) is 0 Å². The summed E-state index contributed by atoms with van der Waals surface area (Å²) in [5, 5.41) is 0. The van der Waals surface area contributed by atoms with Crippen LogP contribution in [0.3, 0.4) is 0 Å². The highest BCUT2D eigenvalue weighted by Crippen LogP contribution is 2.07. The summed E-state index contributed by atoms with van der Waals surface area (Å²) >= 11 is 4.07. The summed E-state index contributed by atoms with van der Waals surface area (Å²) in [5.41, 5.74) is 0. The van der Waals surface area contributed by atoms with E-state index < -0.39 is 0 Å². The average Bonchev–Trinajstić information content (AvgIpc) is 1.93. The zero-order valence-corrected chi connectivity index (χ0v) is 5.97. The van der Waals surface area contributed by atoms with Crippen molar-refractivity contribution in [1.82, 2.24) is 0 Å². The minimum absolute atomic E-state index is 1.32. The molecular weight excluding hydrogens is 138 g/mol. The minimum atomic E-state index is 1.32. The molecule has 0 aromatic carbocycles. The van der Waals surface area contributed by atoms with Gasteiger partial charge in [-0.15, -0.1) is 4.91 Å². The molecule has 0 aromatic heterocycles. The first-order chi connectivity index (χ1) is 4.41. The van der Waals surface area contributed by atoms with Crippen LogP contribution >= 0.6 is 11.8 Å². The number of hydrogen-bond acceptors (Lipinski definition) is 2. The van der Waals surface area contributed by atoms with Gasteiger partial charge in [0.1, 0.15) is 0 Å². The molecule has 0 unspecified atom stereocenters. The van der Waals surface area contributed by atoms with Crippen LogP contribution < -0.4 is 0 Å². The van der Waals surface area contributed by atoms with Crippen molar-refractivity contribution < 1.29 is 0 Å². The van der Waals surface area contributed by atoms with Crippen LogP contribution in [0.2, 0.25) is 0 Å². The molecule has 0 aliphatic heterocycles. The van der Waals surface area contributed by atoms with Crippen molar-refractivity contribution in [1.29, 1.82) is 0 Å². The lowest BCUT2D eigenvalue weighted by Crippen LogP contribution is -1.77. The van der Waals surface area contributed by atoms with E-state index in [1.807, 2.05) is 0 Å². The Bertz CT molecular complexity index is 85.1. The van der Waals surface area contributed by atoms with Gasteiger partial charge in [0.05, 0.1) is 11.8 Å². The summed E-state index contributed by atoms with van der Waals surface area (Å²) in [4.78, 5) is 8.32. The molecule has 0 saturated heterocycles. The molecule has 0 fully saturated rings. The Kier molecular flexibility index (Phi) is 7.32. The summed E-state index contributed by atoms with van der Waals surface area (Å²) in [6.45, 7) is 0. The second-order valence-corrected chi connectivity index (χ2v) is 1.96. The molecule has 52 valence electrons. The summed E-state index contributed by atoms with van der Waals surface area (Å²) in [6.07, 6.45) is 10.0. The number of nitrogens with zero attached hydrogens (tertiary/aromatic N) is 1. The highest BCUT2D eigenvalue weighted by molar-refractivity contribution is 6.14. The van der Waals surface area contributed by atoms with Gasteiger partial charge >= 0.3 is 0 Å². The van der Waals surface area contributed by atoms with Crippen LogP contribution in [-0.4, -0.2) is 0 Å². The lowest BCUT2D eigenvalue weighted by Gasteiger charge is -1.97. The molecular formula is C6H10ClNO. The lowest BCUT2D eigenvalue weighted by atomic mass is 10.1. The van der Waals surface area contributed by atoms with Crippen LogP contribution in [-0.2, 0) is 0 Å². The summed E-state index contributed by atoms with van der Waals surface area (Å²) in [5.74, 6) is 0. The molecule has 0 saturated carbocycles. The molecule has 1 rings (SSSR count). The van der Waals surface area contributed by atoms with Gasteiger partial charge in [-0.1, -0.05) is 12.2 Å². The Morgan fingerprint density at radius 3 is 1.67 bits per heavy atom. The predicted octanol–water partition coefficient (Wildman–Crippen LogP) is 3.02. The zero-order chi connectivity index (χ0) is 6.95. The third-order valence-electron chi connectivity index (χ3n) is 1.16. The van der Waals surface area contributed by atoms with Crippen molar-refractivity contribution in [2.24, 2.45) is 4.70 Å². The van der Waals surface area contributed by atoms with Crippen molar-refractivity contribution in [2.75, 3.05) is 0 Å². The molecule has 0 amide bonds. The van der Waals surface area contributed by atoms with Crippen molar-refractivity contribution in [3.63, 3.8) is 0 Å². The highest BCUT2D eigenvalue weighted by Gasteiger charge is 1.87. The summed E-state index contributed by atoms with van der Waals surface area (Å²) in [7, 11) is 0. The summed E-state index contributed by atoms with van der Waals surface area (Å²) < 4.78 is 1.72. The third-order valence-corrected chi connectivity index (χ3v) is 1.16. The Hall–Kier alpha value is -0.370. The first-order valence-corrected chi connectivity index (χ1v) is 3.34. The van der Waals surface area contributed by atoms with Crippen LogP contribution in [0.5, 0.6) is 0 Å². The molecule has 0 spiro atoms. The average molecular weight is 148 g/mol. The van der Waals surface area contributed by atoms with Gasteiger partial charge in [0.2, 0.25) is 0 Å². The monoisotopic (exact) mass is 147 g/mol. The molecule has 9 heavy (non-hydrogen) atoms. The molecule has 3 heteroatoms. The lowest BCUT2D eigenvalue weighted by molar-refractivity contribution is 0.730. The maximum atomic E-state index is 8.32. The molecule has 0 heterocycles. The molecule has 0 bridgehead atoms. The SMILES string of the molecule is C1=CCCCC1.O=NCl. The number of nitroso groups, excluding NO2 is 1. The van der Waals surface area contributed by atoms with E-state index >= 15 is 0 Å². The molecule has 0 radical (unpaired) electrons. The van der Waals surface area contributed by atoms with Gasteiger partial charge in [-0.25, -0.2) is 0 Å². The standard InChI is InChI=1S/C6H10.ClNO/c1-2-4-6-5-3-1;1-2-3/h1-2H,3-6H2;. The molecule has 1 aliphatic rings. The van der Waals surface area contributed by atoms with Crippen LogP contribution in [0.4, 0.5) is 0 Å². The first kappa shape index (κ1) is 8.63. The van der Waals surface area contributed by atoms with Crippen LogP contribution in [0, 0.1) is 4.91 Å². The number of allylic oxidation sites excluding steroid dienone is 2. The normalized spacial score (nSPS) is 15.7. The Morgan fingerprint density at radius 1 is 1.22 bits per heavy atom. The van der Waals surface area contributed by atoms with E-state index in [2.05, 4.69) is 23.9 Å². The maximum absolute atomic E-state index is 8.32. The van der Waals surface area contributed by atoms with Crippen LogP contribution in [0.15, 0.2) is 16.8 Å². The van der Waals surface area contributed by atoms with Gasteiger partial charge in [0, 0.05) is 4.70 Å².